The molecule has 0 aliphatic heterocycles. The number of amides is 1. The molecule has 9 heteroatoms. The maximum absolute atomic E-state index is 13.0. The van der Waals surface area contributed by atoms with Gasteiger partial charge >= 0.3 is 6.18 Å². The van der Waals surface area contributed by atoms with Gasteiger partial charge in [-0.25, -0.2) is 0 Å². The second kappa shape index (κ2) is 8.98. The minimum absolute atomic E-state index is 0.133. The van der Waals surface area contributed by atoms with Crippen molar-refractivity contribution in [3.63, 3.8) is 0 Å². The van der Waals surface area contributed by atoms with Gasteiger partial charge in [-0.1, -0.05) is 6.07 Å². The van der Waals surface area contributed by atoms with Crippen molar-refractivity contribution in [1.29, 1.82) is 5.26 Å². The topological polar surface area (TPSA) is 98.9 Å². The Hall–Kier alpha value is -3.15. The van der Waals surface area contributed by atoms with Crippen molar-refractivity contribution < 1.29 is 23.1 Å². The molecule has 1 heterocycles. The molecule has 0 aliphatic carbocycles. The number of anilines is 1. The Morgan fingerprint density at radius 2 is 1.96 bits per heavy atom. The van der Waals surface area contributed by atoms with Crippen LogP contribution in [0.2, 0.25) is 0 Å². The van der Waals surface area contributed by atoms with Crippen molar-refractivity contribution in [3.8, 4) is 11.8 Å². The molecule has 0 atom stereocenters. The van der Waals surface area contributed by atoms with Gasteiger partial charge in [0.1, 0.15) is 5.75 Å². The smallest absolute Gasteiger partial charge is 0.416 e. The molecule has 0 unspecified atom stereocenters. The van der Waals surface area contributed by atoms with Gasteiger partial charge < -0.3 is 10.4 Å². The lowest BCUT2D eigenvalue weighted by molar-refractivity contribution is -0.138. The summed E-state index contributed by atoms with van der Waals surface area (Å²) in [5, 5.41) is 27.9. The van der Waals surface area contributed by atoms with E-state index in [1.165, 1.54) is 6.07 Å². The lowest BCUT2D eigenvalue weighted by atomic mass is 10.0. The Balaban J connectivity index is 1.97. The molecule has 0 spiro atoms. The van der Waals surface area contributed by atoms with E-state index in [9.17, 15) is 23.1 Å². The minimum atomic E-state index is -4.68. The van der Waals surface area contributed by atoms with Crippen LogP contribution in [-0.2, 0) is 23.8 Å². The largest absolute Gasteiger partial charge is 0.508 e. The van der Waals surface area contributed by atoms with Gasteiger partial charge in [0.2, 0.25) is 5.91 Å². The van der Waals surface area contributed by atoms with Gasteiger partial charge in [-0.2, -0.15) is 23.5 Å². The number of aromatic nitrogens is 2. The van der Waals surface area contributed by atoms with Crippen molar-refractivity contribution in [2.75, 3.05) is 5.32 Å². The highest BCUT2D eigenvalue weighted by atomic mass is 19.4. The standard InChI is InChI=1S/C18H17F3N4O2/c19-18(20,21)15-11-14(26)7-5-12(15)10-17(27)23-16-8-6-13(24-25-16)4-2-1-3-9-22/h5-8,11,26H,1-4,10H2,(H,23,25,27). The average Bonchev–Trinajstić information content (AvgIpc) is 2.61. The fourth-order valence-corrected chi connectivity index (χ4v) is 2.41. The molecule has 0 radical (unpaired) electrons. The zero-order valence-electron chi connectivity index (χ0n) is 14.3. The van der Waals surface area contributed by atoms with Crippen LogP contribution in [0.15, 0.2) is 30.3 Å². The number of phenols is 1. The average molecular weight is 378 g/mol. The molecule has 6 nitrogen and oxygen atoms in total. The quantitative estimate of drug-likeness (QED) is 0.717. The zero-order valence-corrected chi connectivity index (χ0v) is 14.3. The SMILES string of the molecule is N#CCCCCc1ccc(NC(=O)Cc2ccc(O)cc2C(F)(F)F)nn1. The number of nitrogens with one attached hydrogen (secondary N) is 1. The predicted molar refractivity (Wildman–Crippen MR) is 90.6 cm³/mol. The van der Waals surface area contributed by atoms with Crippen LogP contribution < -0.4 is 5.32 Å². The number of benzene rings is 1. The molecule has 0 bridgehead atoms. The first-order valence-corrected chi connectivity index (χ1v) is 8.18. The molecule has 1 aromatic carbocycles. The van der Waals surface area contributed by atoms with E-state index in [4.69, 9.17) is 5.26 Å². The summed E-state index contributed by atoms with van der Waals surface area (Å²) >= 11 is 0. The molecule has 2 rings (SSSR count). The van der Waals surface area contributed by atoms with Gasteiger partial charge in [-0.15, -0.1) is 5.10 Å². The number of hydrogen-bond acceptors (Lipinski definition) is 5. The Labute approximate surface area is 153 Å². The molecule has 0 saturated carbocycles. The normalized spacial score (nSPS) is 11.0. The Bertz CT molecular complexity index is 830. The van der Waals surface area contributed by atoms with Gasteiger partial charge in [0.05, 0.1) is 23.7 Å². The number of carbonyl (C=O) groups is 1. The summed E-state index contributed by atoms with van der Waals surface area (Å²) in [6.07, 6.45) is -2.54. The fraction of sp³-hybridized carbons (Fsp3) is 0.333. The predicted octanol–water partition coefficient (Wildman–Crippen LogP) is 3.62. The third-order valence-corrected chi connectivity index (χ3v) is 3.71. The molecule has 27 heavy (non-hydrogen) atoms. The second-order valence-corrected chi connectivity index (χ2v) is 5.84. The third kappa shape index (κ3) is 6.26. The molecule has 1 aromatic heterocycles. The van der Waals surface area contributed by atoms with Crippen LogP contribution in [0.3, 0.4) is 0 Å². The number of phenolic OH excluding ortho intramolecular Hbond substituents is 1. The first-order chi connectivity index (χ1) is 12.8. The van der Waals surface area contributed by atoms with E-state index in [1.54, 1.807) is 6.07 Å². The Kier molecular flexibility index (Phi) is 6.71. The van der Waals surface area contributed by atoms with Crippen LogP contribution >= 0.6 is 0 Å². The maximum atomic E-state index is 13.0. The summed E-state index contributed by atoms with van der Waals surface area (Å²) < 4.78 is 39.1. The van der Waals surface area contributed by atoms with Crippen LogP contribution in [0.5, 0.6) is 5.75 Å². The van der Waals surface area contributed by atoms with Gasteiger partial charge in [0.15, 0.2) is 5.82 Å². The van der Waals surface area contributed by atoms with E-state index in [1.807, 2.05) is 0 Å². The summed E-state index contributed by atoms with van der Waals surface area (Å²) in [6.45, 7) is 0. The minimum Gasteiger partial charge on any atom is -0.508 e. The van der Waals surface area contributed by atoms with E-state index in [0.717, 1.165) is 25.0 Å². The highest BCUT2D eigenvalue weighted by molar-refractivity contribution is 5.91. The number of nitriles is 1. The van der Waals surface area contributed by atoms with Crippen molar-refractivity contribution >= 4 is 11.7 Å². The summed E-state index contributed by atoms with van der Waals surface area (Å²) in [5.41, 5.74) is -0.611. The first kappa shape index (κ1) is 20.2. The summed E-state index contributed by atoms with van der Waals surface area (Å²) in [4.78, 5) is 12.0. The highest BCUT2D eigenvalue weighted by Gasteiger charge is 2.34. The number of unbranched alkanes of at least 4 members (excludes halogenated alkanes) is 2. The second-order valence-electron chi connectivity index (χ2n) is 5.84. The van der Waals surface area contributed by atoms with Crippen LogP contribution in [0.1, 0.15) is 36.1 Å². The van der Waals surface area contributed by atoms with Gasteiger partial charge in [0, 0.05) is 6.42 Å². The van der Waals surface area contributed by atoms with Crippen molar-refractivity contribution in [1.82, 2.24) is 10.2 Å². The Morgan fingerprint density at radius 1 is 1.19 bits per heavy atom. The van der Waals surface area contributed by atoms with Gasteiger partial charge in [-0.05, 0) is 49.1 Å². The number of carbonyl (C=O) groups excluding carboxylic acids is 1. The van der Waals surface area contributed by atoms with Crippen molar-refractivity contribution in [3.05, 3.63) is 47.2 Å². The zero-order chi connectivity index (χ0) is 19.9. The number of halogens is 3. The summed E-state index contributed by atoms with van der Waals surface area (Å²) in [5.74, 6) is -1.07. The van der Waals surface area contributed by atoms with Gasteiger partial charge in [-0.3, -0.25) is 4.79 Å². The monoisotopic (exact) mass is 378 g/mol. The molecule has 1 amide bonds. The van der Waals surface area contributed by atoms with Gasteiger partial charge in [0.25, 0.3) is 0 Å². The van der Waals surface area contributed by atoms with E-state index in [0.29, 0.717) is 24.6 Å². The summed E-state index contributed by atoms with van der Waals surface area (Å²) in [6, 6.07) is 7.98. The molecule has 2 N–H and O–H groups in total. The van der Waals surface area contributed by atoms with E-state index >= 15 is 0 Å². The van der Waals surface area contributed by atoms with Crippen LogP contribution in [-0.4, -0.2) is 21.2 Å². The van der Waals surface area contributed by atoms with Crippen LogP contribution in [0.4, 0.5) is 19.0 Å². The lowest BCUT2D eigenvalue weighted by Crippen LogP contribution is -2.18. The van der Waals surface area contributed by atoms with E-state index < -0.39 is 29.8 Å². The number of nitrogens with zero attached hydrogens (tertiary/aromatic N) is 3. The number of aromatic hydroxyl groups is 1. The van der Waals surface area contributed by atoms with Crippen molar-refractivity contribution in [2.45, 2.75) is 38.3 Å². The molecule has 0 fully saturated rings. The molecule has 142 valence electrons. The molecule has 0 aliphatic rings. The Morgan fingerprint density at radius 3 is 2.59 bits per heavy atom. The molecule has 2 aromatic rings. The van der Waals surface area contributed by atoms with E-state index in [2.05, 4.69) is 21.6 Å². The number of alkyl halides is 3. The fourth-order valence-electron chi connectivity index (χ4n) is 2.41. The maximum Gasteiger partial charge on any atom is 0.416 e. The lowest BCUT2D eigenvalue weighted by Gasteiger charge is -2.13. The molecular weight excluding hydrogens is 361 g/mol. The number of aryl methyl sites for hydroxylation is 1. The first-order valence-electron chi connectivity index (χ1n) is 8.18. The number of rotatable bonds is 7. The van der Waals surface area contributed by atoms with E-state index in [-0.39, 0.29) is 11.4 Å². The summed E-state index contributed by atoms with van der Waals surface area (Å²) in [7, 11) is 0. The highest BCUT2D eigenvalue weighted by Crippen LogP contribution is 2.34. The molecular formula is C18H17F3N4O2. The number of hydrogen-bond donors (Lipinski definition) is 2. The van der Waals surface area contributed by atoms with Crippen LogP contribution in [0, 0.1) is 11.3 Å². The third-order valence-electron chi connectivity index (χ3n) is 3.71. The van der Waals surface area contributed by atoms with Crippen LogP contribution in [0.25, 0.3) is 0 Å². The van der Waals surface area contributed by atoms with Crippen molar-refractivity contribution in [2.24, 2.45) is 0 Å². The molecule has 0 saturated heterocycles.